The first-order valence-corrected chi connectivity index (χ1v) is 6.19. The van der Waals surface area contributed by atoms with Gasteiger partial charge in [-0.3, -0.25) is 0 Å². The van der Waals surface area contributed by atoms with Crippen LogP contribution in [0.5, 0.6) is 0 Å². The fourth-order valence-electron chi connectivity index (χ4n) is 1.92. The molecule has 2 atom stereocenters. The van der Waals surface area contributed by atoms with Crippen molar-refractivity contribution in [1.29, 1.82) is 0 Å². The molecular formula is C11H17NOS. The molecule has 78 valence electrons. The molecule has 0 spiro atoms. The zero-order valence-corrected chi connectivity index (χ0v) is 9.13. The molecule has 2 unspecified atom stereocenters. The van der Waals surface area contributed by atoms with Crippen LogP contribution in [0.3, 0.4) is 0 Å². The Morgan fingerprint density at radius 2 is 2.50 bits per heavy atom. The van der Waals surface area contributed by atoms with Crippen molar-refractivity contribution in [1.82, 2.24) is 0 Å². The summed E-state index contributed by atoms with van der Waals surface area (Å²) in [6.45, 7) is 0.891. The second-order valence-corrected chi connectivity index (χ2v) is 4.68. The third-order valence-electron chi connectivity index (χ3n) is 2.74. The first kappa shape index (κ1) is 10.1. The molecule has 1 aromatic rings. The van der Waals surface area contributed by atoms with Gasteiger partial charge in [0.05, 0.1) is 6.10 Å². The number of rotatable bonds is 3. The summed E-state index contributed by atoms with van der Waals surface area (Å²) >= 11 is 1.73. The van der Waals surface area contributed by atoms with Crippen molar-refractivity contribution in [3.05, 3.63) is 22.4 Å². The van der Waals surface area contributed by atoms with Crippen LogP contribution >= 0.6 is 11.3 Å². The maximum atomic E-state index is 6.12. The minimum atomic E-state index is 0.171. The number of ether oxygens (including phenoxy) is 1. The van der Waals surface area contributed by atoms with Crippen molar-refractivity contribution in [3.8, 4) is 0 Å². The van der Waals surface area contributed by atoms with E-state index in [2.05, 4.69) is 16.8 Å². The van der Waals surface area contributed by atoms with Crippen molar-refractivity contribution in [2.45, 2.75) is 37.8 Å². The summed E-state index contributed by atoms with van der Waals surface area (Å²) < 4.78 is 5.67. The van der Waals surface area contributed by atoms with Crippen molar-refractivity contribution in [2.24, 2.45) is 5.73 Å². The zero-order chi connectivity index (χ0) is 9.80. The Morgan fingerprint density at radius 1 is 1.57 bits per heavy atom. The lowest BCUT2D eigenvalue weighted by atomic mass is 9.98. The van der Waals surface area contributed by atoms with Crippen LogP contribution in [0.15, 0.2) is 16.8 Å². The van der Waals surface area contributed by atoms with E-state index < -0.39 is 0 Å². The fraction of sp³-hybridized carbons (Fsp3) is 0.636. The van der Waals surface area contributed by atoms with Crippen LogP contribution in [0, 0.1) is 0 Å². The lowest BCUT2D eigenvalue weighted by Gasteiger charge is -2.27. The van der Waals surface area contributed by atoms with Crippen molar-refractivity contribution < 1.29 is 4.74 Å². The molecule has 1 fully saturated rings. The largest absolute Gasteiger partial charge is 0.377 e. The van der Waals surface area contributed by atoms with E-state index >= 15 is 0 Å². The molecule has 0 bridgehead atoms. The quantitative estimate of drug-likeness (QED) is 0.831. The number of nitrogens with two attached hydrogens (primary N) is 1. The van der Waals surface area contributed by atoms with E-state index in [-0.39, 0.29) is 12.1 Å². The molecule has 0 radical (unpaired) electrons. The maximum Gasteiger partial charge on any atom is 0.0729 e. The number of hydrogen-bond acceptors (Lipinski definition) is 3. The van der Waals surface area contributed by atoms with Crippen LogP contribution in [0.25, 0.3) is 0 Å². The standard InChI is InChI=1S/C11H17NOS/c12-10(7-9-4-6-14-8-9)11-3-1-2-5-13-11/h4,6,8,10-11H,1-3,5,7,12H2. The summed E-state index contributed by atoms with van der Waals surface area (Å²) in [4.78, 5) is 0. The van der Waals surface area contributed by atoms with E-state index in [4.69, 9.17) is 10.5 Å². The van der Waals surface area contributed by atoms with Gasteiger partial charge in [-0.25, -0.2) is 0 Å². The number of thiophene rings is 1. The molecule has 2 nitrogen and oxygen atoms in total. The Kier molecular flexibility index (Phi) is 3.56. The average molecular weight is 211 g/mol. The van der Waals surface area contributed by atoms with Crippen molar-refractivity contribution in [2.75, 3.05) is 6.61 Å². The van der Waals surface area contributed by atoms with Gasteiger partial charge in [0.1, 0.15) is 0 Å². The number of hydrogen-bond donors (Lipinski definition) is 1. The summed E-state index contributed by atoms with van der Waals surface area (Å²) in [7, 11) is 0. The van der Waals surface area contributed by atoms with Crippen LogP contribution in [0.4, 0.5) is 0 Å². The van der Waals surface area contributed by atoms with Gasteiger partial charge in [0.25, 0.3) is 0 Å². The van der Waals surface area contributed by atoms with E-state index in [0.717, 1.165) is 19.4 Å². The monoisotopic (exact) mass is 211 g/mol. The van der Waals surface area contributed by atoms with Gasteiger partial charge in [-0.05, 0) is 48.1 Å². The summed E-state index contributed by atoms with van der Waals surface area (Å²) in [6, 6.07) is 2.32. The first-order valence-electron chi connectivity index (χ1n) is 5.24. The van der Waals surface area contributed by atoms with Gasteiger partial charge < -0.3 is 10.5 Å². The predicted molar refractivity (Wildman–Crippen MR) is 59.6 cm³/mol. The van der Waals surface area contributed by atoms with E-state index in [9.17, 15) is 0 Å². The Morgan fingerprint density at radius 3 is 3.14 bits per heavy atom. The molecule has 1 aromatic heterocycles. The Bertz CT molecular complexity index is 254. The van der Waals surface area contributed by atoms with Gasteiger partial charge >= 0.3 is 0 Å². The summed E-state index contributed by atoms with van der Waals surface area (Å²) in [5.74, 6) is 0. The molecule has 2 heterocycles. The van der Waals surface area contributed by atoms with E-state index in [0.29, 0.717) is 0 Å². The highest BCUT2D eigenvalue weighted by molar-refractivity contribution is 7.07. The van der Waals surface area contributed by atoms with Gasteiger partial charge in [0.15, 0.2) is 0 Å². The fourth-order valence-corrected chi connectivity index (χ4v) is 2.60. The second-order valence-electron chi connectivity index (χ2n) is 3.90. The summed E-state index contributed by atoms with van der Waals surface area (Å²) in [5.41, 5.74) is 7.46. The zero-order valence-electron chi connectivity index (χ0n) is 8.32. The SMILES string of the molecule is NC(Cc1ccsc1)C1CCCCO1. The molecular weight excluding hydrogens is 194 g/mol. The molecule has 14 heavy (non-hydrogen) atoms. The molecule has 1 saturated heterocycles. The van der Waals surface area contributed by atoms with Gasteiger partial charge in [-0.1, -0.05) is 0 Å². The Labute approximate surface area is 89.1 Å². The summed E-state index contributed by atoms with van der Waals surface area (Å²) in [6.07, 6.45) is 4.83. The van der Waals surface area contributed by atoms with Crippen molar-refractivity contribution in [3.63, 3.8) is 0 Å². The molecule has 1 aliphatic rings. The van der Waals surface area contributed by atoms with Crippen LogP contribution in [0.2, 0.25) is 0 Å². The van der Waals surface area contributed by atoms with Gasteiger partial charge in [-0.2, -0.15) is 11.3 Å². The molecule has 0 amide bonds. The minimum Gasteiger partial charge on any atom is -0.377 e. The highest BCUT2D eigenvalue weighted by Crippen LogP contribution is 2.18. The molecule has 0 saturated carbocycles. The van der Waals surface area contributed by atoms with Crippen LogP contribution < -0.4 is 5.73 Å². The van der Waals surface area contributed by atoms with E-state index in [1.54, 1.807) is 11.3 Å². The predicted octanol–water partition coefficient (Wildman–Crippen LogP) is 2.19. The lowest BCUT2D eigenvalue weighted by Crippen LogP contribution is -2.40. The normalized spacial score (nSPS) is 24.8. The average Bonchev–Trinajstić information content (AvgIpc) is 2.72. The topological polar surface area (TPSA) is 35.2 Å². The molecule has 0 aromatic carbocycles. The van der Waals surface area contributed by atoms with Crippen LogP contribution in [0.1, 0.15) is 24.8 Å². The molecule has 0 aliphatic carbocycles. The molecule has 2 N–H and O–H groups in total. The Hall–Kier alpha value is -0.380. The molecule has 1 aliphatic heterocycles. The van der Waals surface area contributed by atoms with Gasteiger partial charge in [0.2, 0.25) is 0 Å². The Balaban J connectivity index is 1.85. The third-order valence-corrected chi connectivity index (χ3v) is 3.48. The van der Waals surface area contributed by atoms with Gasteiger partial charge in [0, 0.05) is 12.6 Å². The maximum absolute atomic E-state index is 6.12. The van der Waals surface area contributed by atoms with Crippen molar-refractivity contribution >= 4 is 11.3 Å². The van der Waals surface area contributed by atoms with Crippen LogP contribution in [-0.4, -0.2) is 18.8 Å². The van der Waals surface area contributed by atoms with E-state index in [1.165, 1.54) is 18.4 Å². The minimum absolute atomic E-state index is 0.171. The highest BCUT2D eigenvalue weighted by Gasteiger charge is 2.21. The second kappa shape index (κ2) is 4.91. The first-order chi connectivity index (χ1) is 6.86. The molecule has 2 rings (SSSR count). The summed E-state index contributed by atoms with van der Waals surface area (Å²) in [5, 5.41) is 4.27. The lowest BCUT2D eigenvalue weighted by molar-refractivity contribution is 0.000651. The van der Waals surface area contributed by atoms with Gasteiger partial charge in [-0.15, -0.1) is 0 Å². The highest BCUT2D eigenvalue weighted by atomic mass is 32.1. The third kappa shape index (κ3) is 2.56. The van der Waals surface area contributed by atoms with E-state index in [1.807, 2.05) is 0 Å². The smallest absolute Gasteiger partial charge is 0.0729 e. The van der Waals surface area contributed by atoms with Crippen LogP contribution in [-0.2, 0) is 11.2 Å². The molecule has 3 heteroatoms.